The Bertz CT molecular complexity index is 704. The molecule has 1 aliphatic heterocycles. The lowest BCUT2D eigenvalue weighted by Crippen LogP contribution is -2.48. The molecule has 3 heterocycles. The van der Waals surface area contributed by atoms with Crippen LogP contribution in [0.15, 0.2) is 30.6 Å². The Morgan fingerprint density at radius 3 is 2.56 bits per heavy atom. The zero-order valence-corrected chi connectivity index (χ0v) is 15.3. The van der Waals surface area contributed by atoms with Gasteiger partial charge in [0.2, 0.25) is 0 Å². The number of aryl methyl sites for hydroxylation is 2. The number of carbonyl (C=O) groups excluding carboxylic acids is 1. The summed E-state index contributed by atoms with van der Waals surface area (Å²) in [5.41, 5.74) is 3.46. The van der Waals surface area contributed by atoms with E-state index in [0.717, 1.165) is 37.3 Å². The van der Waals surface area contributed by atoms with E-state index in [2.05, 4.69) is 33.6 Å². The smallest absolute Gasteiger partial charge is 0.317 e. The van der Waals surface area contributed by atoms with Crippen LogP contribution in [0, 0.1) is 13.8 Å². The summed E-state index contributed by atoms with van der Waals surface area (Å²) in [4.78, 5) is 18.5. The molecule has 1 fully saturated rings. The summed E-state index contributed by atoms with van der Waals surface area (Å²) in [6.45, 7) is 8.34. The average Bonchev–Trinajstić information content (AvgIpc) is 2.92. The highest BCUT2D eigenvalue weighted by Gasteiger charge is 2.24. The molecule has 1 N–H and O–H groups in total. The van der Waals surface area contributed by atoms with Gasteiger partial charge in [-0.1, -0.05) is 0 Å². The Balaban J connectivity index is 1.48. The van der Waals surface area contributed by atoms with E-state index in [1.54, 1.807) is 0 Å². The van der Waals surface area contributed by atoms with Gasteiger partial charge < -0.3 is 10.2 Å². The molecule has 1 aliphatic rings. The Hall–Kier alpha value is -2.37. The number of nitrogens with zero attached hydrogens (tertiary/aromatic N) is 4. The van der Waals surface area contributed by atoms with Gasteiger partial charge in [0.05, 0.1) is 12.2 Å². The van der Waals surface area contributed by atoms with Crippen LogP contribution in [0.25, 0.3) is 0 Å². The van der Waals surface area contributed by atoms with Crippen molar-refractivity contribution in [1.29, 1.82) is 0 Å². The van der Waals surface area contributed by atoms with Crippen molar-refractivity contribution in [3.05, 3.63) is 47.5 Å². The van der Waals surface area contributed by atoms with Crippen LogP contribution in [-0.4, -0.2) is 44.8 Å². The van der Waals surface area contributed by atoms with E-state index in [0.29, 0.717) is 12.5 Å². The molecule has 0 saturated carbocycles. The minimum Gasteiger partial charge on any atom is -0.334 e. The normalized spacial score (nSPS) is 16.7. The molecule has 3 rings (SSSR count). The first-order valence-corrected chi connectivity index (χ1v) is 8.99. The van der Waals surface area contributed by atoms with Gasteiger partial charge in [-0.25, -0.2) is 4.79 Å². The van der Waals surface area contributed by atoms with Crippen molar-refractivity contribution < 1.29 is 4.79 Å². The number of piperidine rings is 1. The number of likely N-dealkylation sites (tertiary alicyclic amines) is 1. The molecule has 0 radical (unpaired) electrons. The van der Waals surface area contributed by atoms with Gasteiger partial charge in [0, 0.05) is 37.2 Å². The molecule has 0 aliphatic carbocycles. The molecule has 25 heavy (non-hydrogen) atoms. The molecule has 2 amide bonds. The van der Waals surface area contributed by atoms with Crippen molar-refractivity contribution in [2.24, 2.45) is 0 Å². The van der Waals surface area contributed by atoms with Gasteiger partial charge >= 0.3 is 6.03 Å². The predicted octanol–water partition coefficient (Wildman–Crippen LogP) is 2.87. The number of aromatic nitrogens is 3. The molecule has 2 aromatic rings. The Morgan fingerprint density at radius 2 is 1.96 bits per heavy atom. The van der Waals surface area contributed by atoms with Crippen LogP contribution in [0.4, 0.5) is 4.79 Å². The van der Waals surface area contributed by atoms with Crippen LogP contribution in [-0.2, 0) is 6.54 Å². The van der Waals surface area contributed by atoms with Crippen molar-refractivity contribution in [3.8, 4) is 0 Å². The maximum atomic E-state index is 12.5. The highest BCUT2D eigenvalue weighted by molar-refractivity contribution is 5.74. The largest absolute Gasteiger partial charge is 0.334 e. The second-order valence-electron chi connectivity index (χ2n) is 7.00. The zero-order chi connectivity index (χ0) is 17.8. The predicted molar refractivity (Wildman–Crippen MR) is 97.5 cm³/mol. The fourth-order valence-electron chi connectivity index (χ4n) is 3.52. The number of amides is 2. The van der Waals surface area contributed by atoms with Gasteiger partial charge in [-0.05, 0) is 63.3 Å². The number of hydrogen-bond donors (Lipinski definition) is 1. The lowest BCUT2D eigenvalue weighted by atomic mass is 9.90. The molecule has 6 nitrogen and oxygen atoms in total. The third kappa shape index (κ3) is 4.38. The summed E-state index contributed by atoms with van der Waals surface area (Å²) in [5, 5.41) is 7.57. The fourth-order valence-corrected chi connectivity index (χ4v) is 3.52. The molecular formula is C19H27N5O. The third-order valence-electron chi connectivity index (χ3n) is 4.88. The van der Waals surface area contributed by atoms with Crippen molar-refractivity contribution in [1.82, 2.24) is 25.0 Å². The van der Waals surface area contributed by atoms with E-state index in [9.17, 15) is 4.79 Å². The van der Waals surface area contributed by atoms with Gasteiger partial charge in [0.15, 0.2) is 0 Å². The summed E-state index contributed by atoms with van der Waals surface area (Å²) in [5.74, 6) is 0.527. The molecular weight excluding hydrogens is 314 g/mol. The second-order valence-corrected chi connectivity index (χ2v) is 7.00. The van der Waals surface area contributed by atoms with Crippen LogP contribution in [0.5, 0.6) is 0 Å². The Labute approximate surface area is 149 Å². The summed E-state index contributed by atoms with van der Waals surface area (Å²) >= 11 is 0. The number of pyridine rings is 1. The van der Waals surface area contributed by atoms with E-state index in [4.69, 9.17) is 0 Å². The van der Waals surface area contributed by atoms with Gasteiger partial charge in [-0.15, -0.1) is 0 Å². The minimum atomic E-state index is 0.0298. The molecule has 134 valence electrons. The minimum absolute atomic E-state index is 0.0298. The molecule has 0 bridgehead atoms. The molecule has 1 saturated heterocycles. The standard InChI is InChI=1S/C19H27N5O/c1-14-12-16(3)24(22-14)13-15(2)21-19(25)23-10-6-18(7-11-23)17-4-8-20-9-5-17/h4-5,8-9,12,15,18H,6-7,10-11,13H2,1-3H3,(H,21,25). The number of nitrogens with one attached hydrogen (secondary N) is 1. The first kappa shape index (κ1) is 17.5. The lowest BCUT2D eigenvalue weighted by molar-refractivity contribution is 0.177. The molecule has 6 heteroatoms. The van der Waals surface area contributed by atoms with Gasteiger partial charge in [-0.2, -0.15) is 5.10 Å². The lowest BCUT2D eigenvalue weighted by Gasteiger charge is -2.33. The molecule has 1 atom stereocenters. The average molecular weight is 341 g/mol. The summed E-state index contributed by atoms with van der Waals surface area (Å²) in [6, 6.07) is 6.29. The van der Waals surface area contributed by atoms with E-state index < -0.39 is 0 Å². The maximum Gasteiger partial charge on any atom is 0.317 e. The van der Waals surface area contributed by atoms with Crippen LogP contribution in [0.1, 0.15) is 42.6 Å². The SMILES string of the molecule is Cc1cc(C)n(CC(C)NC(=O)N2CCC(c3ccncc3)CC2)n1. The van der Waals surface area contributed by atoms with Crippen LogP contribution < -0.4 is 5.32 Å². The van der Waals surface area contributed by atoms with E-state index >= 15 is 0 Å². The van der Waals surface area contributed by atoms with Crippen LogP contribution in [0.3, 0.4) is 0 Å². The first-order valence-electron chi connectivity index (χ1n) is 8.99. The second kappa shape index (κ2) is 7.68. The van der Waals surface area contributed by atoms with E-state index in [1.807, 2.05) is 42.7 Å². The van der Waals surface area contributed by atoms with Gasteiger partial charge in [-0.3, -0.25) is 9.67 Å². The summed E-state index contributed by atoms with van der Waals surface area (Å²) in [7, 11) is 0. The topological polar surface area (TPSA) is 63.1 Å². The number of carbonyl (C=O) groups is 1. The Kier molecular flexibility index (Phi) is 5.36. The quantitative estimate of drug-likeness (QED) is 0.930. The van der Waals surface area contributed by atoms with Crippen molar-refractivity contribution in [3.63, 3.8) is 0 Å². The molecule has 0 aromatic carbocycles. The van der Waals surface area contributed by atoms with Crippen molar-refractivity contribution >= 4 is 6.03 Å². The Morgan fingerprint density at radius 1 is 1.28 bits per heavy atom. The fraction of sp³-hybridized carbons (Fsp3) is 0.526. The molecule has 1 unspecified atom stereocenters. The van der Waals surface area contributed by atoms with Crippen LogP contribution >= 0.6 is 0 Å². The zero-order valence-electron chi connectivity index (χ0n) is 15.3. The van der Waals surface area contributed by atoms with Crippen molar-refractivity contribution in [2.45, 2.75) is 52.1 Å². The van der Waals surface area contributed by atoms with Gasteiger partial charge in [0.25, 0.3) is 0 Å². The monoisotopic (exact) mass is 341 g/mol. The highest BCUT2D eigenvalue weighted by atomic mass is 16.2. The number of urea groups is 1. The van der Waals surface area contributed by atoms with E-state index in [1.165, 1.54) is 5.56 Å². The van der Waals surface area contributed by atoms with Gasteiger partial charge in [0.1, 0.15) is 0 Å². The highest BCUT2D eigenvalue weighted by Crippen LogP contribution is 2.27. The number of hydrogen-bond acceptors (Lipinski definition) is 3. The number of rotatable bonds is 4. The molecule has 2 aromatic heterocycles. The molecule has 0 spiro atoms. The van der Waals surface area contributed by atoms with Crippen molar-refractivity contribution in [2.75, 3.05) is 13.1 Å². The maximum absolute atomic E-state index is 12.5. The first-order chi connectivity index (χ1) is 12.0. The van der Waals surface area contributed by atoms with E-state index in [-0.39, 0.29) is 12.1 Å². The summed E-state index contributed by atoms with van der Waals surface area (Å²) < 4.78 is 1.95. The summed E-state index contributed by atoms with van der Waals surface area (Å²) in [6.07, 6.45) is 5.69. The third-order valence-corrected chi connectivity index (χ3v) is 4.88. The van der Waals surface area contributed by atoms with Crippen LogP contribution in [0.2, 0.25) is 0 Å².